The van der Waals surface area contributed by atoms with Crippen LogP contribution in [0.5, 0.6) is 17.2 Å². The Morgan fingerprint density at radius 1 is 1.16 bits per heavy atom. The van der Waals surface area contributed by atoms with Gasteiger partial charge in [-0.15, -0.1) is 0 Å². The second-order valence-electron chi connectivity index (χ2n) is 3.81. The van der Waals surface area contributed by atoms with Crippen LogP contribution in [0.4, 0.5) is 10.1 Å². The molecule has 0 aliphatic carbocycles. The highest BCUT2D eigenvalue weighted by Crippen LogP contribution is 2.31. The molecule has 0 heterocycles. The first kappa shape index (κ1) is 13.7. The molecule has 19 heavy (non-hydrogen) atoms. The van der Waals surface area contributed by atoms with Gasteiger partial charge in [0, 0.05) is 6.07 Å². The zero-order valence-corrected chi connectivity index (χ0v) is 11.9. The normalized spacial score (nSPS) is 10.3. The van der Waals surface area contributed by atoms with Gasteiger partial charge in [-0.25, -0.2) is 4.39 Å². The molecular weight excluding hydrogens is 313 g/mol. The van der Waals surface area contributed by atoms with Gasteiger partial charge < -0.3 is 15.2 Å². The summed E-state index contributed by atoms with van der Waals surface area (Å²) >= 11 is 3.11. The molecule has 0 atom stereocenters. The molecule has 0 fully saturated rings. The van der Waals surface area contributed by atoms with E-state index in [1.165, 1.54) is 6.07 Å². The lowest BCUT2D eigenvalue weighted by molar-refractivity contribution is 0.340. The van der Waals surface area contributed by atoms with Crippen LogP contribution in [-0.4, -0.2) is 6.61 Å². The smallest absolute Gasteiger partial charge is 0.145 e. The minimum absolute atomic E-state index is 0.334. The third kappa shape index (κ3) is 3.38. The molecule has 2 aromatic carbocycles. The lowest BCUT2D eigenvalue weighted by Gasteiger charge is -2.10. The van der Waals surface area contributed by atoms with Gasteiger partial charge in [0.05, 0.1) is 16.8 Å². The molecule has 0 aromatic heterocycles. The van der Waals surface area contributed by atoms with Crippen molar-refractivity contribution in [3.63, 3.8) is 0 Å². The predicted molar refractivity (Wildman–Crippen MR) is 76.2 cm³/mol. The summed E-state index contributed by atoms with van der Waals surface area (Å²) in [7, 11) is 0. The van der Waals surface area contributed by atoms with Crippen molar-refractivity contribution in [1.29, 1.82) is 0 Å². The number of ether oxygens (including phenoxy) is 2. The topological polar surface area (TPSA) is 44.5 Å². The lowest BCUT2D eigenvalue weighted by atomic mass is 10.2. The second kappa shape index (κ2) is 5.93. The molecule has 2 rings (SSSR count). The van der Waals surface area contributed by atoms with Gasteiger partial charge in [-0.2, -0.15) is 0 Å². The fourth-order valence-electron chi connectivity index (χ4n) is 1.54. The summed E-state index contributed by atoms with van der Waals surface area (Å²) in [5, 5.41) is 0. The van der Waals surface area contributed by atoms with Crippen LogP contribution in [0.15, 0.2) is 40.9 Å². The van der Waals surface area contributed by atoms with Crippen LogP contribution in [0.25, 0.3) is 0 Å². The molecule has 0 aliphatic rings. The maximum Gasteiger partial charge on any atom is 0.145 e. The molecule has 0 saturated heterocycles. The Hall–Kier alpha value is -1.75. The Kier molecular flexibility index (Phi) is 4.27. The van der Waals surface area contributed by atoms with E-state index in [1.54, 1.807) is 30.3 Å². The summed E-state index contributed by atoms with van der Waals surface area (Å²) in [6.07, 6.45) is 0. The first-order chi connectivity index (χ1) is 9.10. The lowest BCUT2D eigenvalue weighted by Crippen LogP contribution is -1.97. The summed E-state index contributed by atoms with van der Waals surface area (Å²) in [6, 6.07) is 9.59. The molecule has 2 aromatic rings. The Labute approximate surface area is 119 Å². The standard InChI is InChI=1S/C14H13BrFNO2/c1-2-18-14-8-10(4-6-13(14)17)19-9-3-5-12(16)11(15)7-9/h3-8H,2,17H2,1H3. The van der Waals surface area contributed by atoms with Gasteiger partial charge in [-0.05, 0) is 53.2 Å². The van der Waals surface area contributed by atoms with Crippen LogP contribution >= 0.6 is 15.9 Å². The third-order valence-electron chi connectivity index (χ3n) is 2.41. The van der Waals surface area contributed by atoms with Crippen molar-refractivity contribution in [3.8, 4) is 17.2 Å². The highest BCUT2D eigenvalue weighted by Gasteiger charge is 2.06. The molecule has 0 aliphatic heterocycles. The molecule has 3 nitrogen and oxygen atoms in total. The largest absolute Gasteiger partial charge is 0.492 e. The van der Waals surface area contributed by atoms with Crippen LogP contribution in [0, 0.1) is 5.82 Å². The molecule has 0 radical (unpaired) electrons. The van der Waals surface area contributed by atoms with E-state index >= 15 is 0 Å². The van der Waals surface area contributed by atoms with Gasteiger partial charge in [0.2, 0.25) is 0 Å². The van der Waals surface area contributed by atoms with Gasteiger partial charge in [0.15, 0.2) is 0 Å². The van der Waals surface area contributed by atoms with E-state index in [4.69, 9.17) is 15.2 Å². The predicted octanol–water partition coefficient (Wildman–Crippen LogP) is 4.36. The maximum absolute atomic E-state index is 13.1. The van der Waals surface area contributed by atoms with Crippen LogP contribution in [0.1, 0.15) is 6.92 Å². The number of halogens is 2. The molecule has 0 unspecified atom stereocenters. The van der Waals surface area contributed by atoms with Crippen LogP contribution in [-0.2, 0) is 0 Å². The van der Waals surface area contributed by atoms with Crippen molar-refractivity contribution in [2.45, 2.75) is 6.92 Å². The second-order valence-corrected chi connectivity index (χ2v) is 4.66. The Morgan fingerprint density at radius 2 is 1.84 bits per heavy atom. The third-order valence-corrected chi connectivity index (χ3v) is 3.02. The van der Waals surface area contributed by atoms with Crippen LogP contribution < -0.4 is 15.2 Å². The van der Waals surface area contributed by atoms with Crippen LogP contribution in [0.3, 0.4) is 0 Å². The summed E-state index contributed by atoms with van der Waals surface area (Å²) < 4.78 is 24.5. The minimum atomic E-state index is -0.334. The average Bonchev–Trinajstić information content (AvgIpc) is 2.38. The van der Waals surface area contributed by atoms with E-state index in [0.717, 1.165) is 0 Å². The number of nitrogens with two attached hydrogens (primary N) is 1. The molecule has 0 bridgehead atoms. The molecule has 0 spiro atoms. The van der Waals surface area contributed by atoms with Crippen molar-refractivity contribution in [2.24, 2.45) is 0 Å². The van der Waals surface area contributed by atoms with Crippen molar-refractivity contribution in [1.82, 2.24) is 0 Å². The first-order valence-electron chi connectivity index (χ1n) is 5.75. The maximum atomic E-state index is 13.1. The van der Waals surface area contributed by atoms with Gasteiger partial charge >= 0.3 is 0 Å². The number of hydrogen-bond acceptors (Lipinski definition) is 3. The number of benzene rings is 2. The Bertz CT molecular complexity index is 590. The molecule has 5 heteroatoms. The monoisotopic (exact) mass is 325 g/mol. The van der Waals surface area contributed by atoms with Gasteiger partial charge in [0.25, 0.3) is 0 Å². The number of hydrogen-bond donors (Lipinski definition) is 1. The quantitative estimate of drug-likeness (QED) is 0.849. The zero-order chi connectivity index (χ0) is 13.8. The van der Waals surface area contributed by atoms with E-state index in [9.17, 15) is 4.39 Å². The molecule has 100 valence electrons. The Morgan fingerprint density at radius 3 is 2.53 bits per heavy atom. The molecular formula is C14H13BrFNO2. The van der Waals surface area contributed by atoms with Crippen LogP contribution in [0.2, 0.25) is 0 Å². The zero-order valence-electron chi connectivity index (χ0n) is 10.3. The van der Waals surface area contributed by atoms with Crippen molar-refractivity contribution in [3.05, 3.63) is 46.7 Å². The first-order valence-corrected chi connectivity index (χ1v) is 6.54. The molecule has 2 N–H and O–H groups in total. The van der Waals surface area contributed by atoms with Gasteiger partial charge in [-0.3, -0.25) is 0 Å². The SMILES string of the molecule is CCOc1cc(Oc2ccc(F)c(Br)c2)ccc1N. The number of nitrogen functional groups attached to an aromatic ring is 1. The molecule has 0 saturated carbocycles. The van der Waals surface area contributed by atoms with E-state index in [2.05, 4.69) is 15.9 Å². The summed E-state index contributed by atoms with van der Waals surface area (Å²) in [6.45, 7) is 2.40. The highest BCUT2D eigenvalue weighted by molar-refractivity contribution is 9.10. The fraction of sp³-hybridized carbons (Fsp3) is 0.143. The summed E-state index contributed by atoms with van der Waals surface area (Å²) in [5.74, 6) is 1.34. The van der Waals surface area contributed by atoms with Crippen molar-refractivity contribution < 1.29 is 13.9 Å². The van der Waals surface area contributed by atoms with E-state index in [0.29, 0.717) is 34.0 Å². The molecule has 0 amide bonds. The highest BCUT2D eigenvalue weighted by atomic mass is 79.9. The van der Waals surface area contributed by atoms with E-state index in [1.807, 2.05) is 6.92 Å². The Balaban J connectivity index is 2.22. The average molecular weight is 326 g/mol. The number of rotatable bonds is 4. The summed E-state index contributed by atoms with van der Waals surface area (Å²) in [4.78, 5) is 0. The van der Waals surface area contributed by atoms with Crippen molar-refractivity contribution >= 4 is 21.6 Å². The van der Waals surface area contributed by atoms with E-state index < -0.39 is 0 Å². The van der Waals surface area contributed by atoms with Gasteiger partial charge in [-0.1, -0.05) is 0 Å². The summed E-state index contributed by atoms with van der Waals surface area (Å²) in [5.41, 5.74) is 6.33. The van der Waals surface area contributed by atoms with Gasteiger partial charge in [0.1, 0.15) is 23.1 Å². The van der Waals surface area contributed by atoms with E-state index in [-0.39, 0.29) is 5.82 Å². The fourth-order valence-corrected chi connectivity index (χ4v) is 1.89. The minimum Gasteiger partial charge on any atom is -0.492 e. The number of anilines is 1. The van der Waals surface area contributed by atoms with Crippen molar-refractivity contribution in [2.75, 3.05) is 12.3 Å².